The van der Waals surface area contributed by atoms with E-state index in [0.717, 1.165) is 18.6 Å². The molecule has 0 fully saturated rings. The molecule has 0 bridgehead atoms. The van der Waals surface area contributed by atoms with Gasteiger partial charge in [-0.2, -0.15) is 0 Å². The van der Waals surface area contributed by atoms with Gasteiger partial charge in [-0.3, -0.25) is 0 Å². The molecule has 0 spiro atoms. The van der Waals surface area contributed by atoms with Gasteiger partial charge < -0.3 is 14.3 Å². The van der Waals surface area contributed by atoms with Crippen LogP contribution < -0.4 is 15.1 Å². The summed E-state index contributed by atoms with van der Waals surface area (Å²) in [5.74, 6) is 0.779. The molecule has 33 heavy (non-hydrogen) atoms. The minimum Gasteiger partial charge on any atom is -0.485 e. The summed E-state index contributed by atoms with van der Waals surface area (Å²) in [5, 5.41) is 12.0. The second-order valence-electron chi connectivity index (χ2n) is 10.3. The Balaban J connectivity index is 1.74. The number of hydrogen-bond donors (Lipinski definition) is 1. The van der Waals surface area contributed by atoms with Gasteiger partial charge in [-0.1, -0.05) is 93.6 Å². The Kier molecular flexibility index (Phi) is 8.17. The number of ether oxygens (including phenoxy) is 1. The summed E-state index contributed by atoms with van der Waals surface area (Å²) in [6.07, 6.45) is 1.90. The van der Waals surface area contributed by atoms with Gasteiger partial charge in [-0.05, 0) is 59.8 Å². The van der Waals surface area contributed by atoms with E-state index >= 15 is 0 Å². The van der Waals surface area contributed by atoms with E-state index in [4.69, 9.17) is 9.16 Å². The predicted octanol–water partition coefficient (Wildman–Crippen LogP) is 5.35. The molecule has 1 N–H and O–H groups in total. The quantitative estimate of drug-likeness (QED) is 0.326. The third-order valence-electron chi connectivity index (χ3n) is 6.04. The van der Waals surface area contributed by atoms with Crippen molar-refractivity contribution < 1.29 is 14.3 Å². The molecule has 3 aromatic carbocycles. The average molecular weight is 463 g/mol. The summed E-state index contributed by atoms with van der Waals surface area (Å²) in [5.41, 5.74) is 0.681. The molecule has 4 heteroatoms. The predicted molar refractivity (Wildman–Crippen MR) is 140 cm³/mol. The lowest BCUT2D eigenvalue weighted by Gasteiger charge is -2.43. The minimum atomic E-state index is -2.47. The molecule has 3 rings (SSSR count). The Bertz CT molecular complexity index is 937. The third-order valence-corrected chi connectivity index (χ3v) is 11.1. The Hall–Kier alpha value is -2.40. The highest BCUT2D eigenvalue weighted by molar-refractivity contribution is 6.99. The zero-order chi connectivity index (χ0) is 24.0. The van der Waals surface area contributed by atoms with Crippen LogP contribution in [0.2, 0.25) is 5.04 Å². The first-order valence-electron chi connectivity index (χ1n) is 11.8. The highest BCUT2D eigenvalue weighted by Gasteiger charge is 2.49. The van der Waals surface area contributed by atoms with Crippen molar-refractivity contribution in [2.75, 3.05) is 13.2 Å². The van der Waals surface area contributed by atoms with Gasteiger partial charge in [0.05, 0.1) is 6.61 Å². The van der Waals surface area contributed by atoms with Crippen LogP contribution in [-0.4, -0.2) is 32.2 Å². The zero-order valence-corrected chi connectivity index (χ0v) is 21.7. The summed E-state index contributed by atoms with van der Waals surface area (Å²) in [6, 6.07) is 29.7. The van der Waals surface area contributed by atoms with Crippen molar-refractivity contribution >= 4 is 18.7 Å². The van der Waals surface area contributed by atoms with E-state index < -0.39 is 13.9 Å². The topological polar surface area (TPSA) is 38.7 Å². The first kappa shape index (κ1) is 25.2. The summed E-state index contributed by atoms with van der Waals surface area (Å²) in [6.45, 7) is 11.4. The van der Waals surface area contributed by atoms with Gasteiger partial charge in [0, 0.05) is 6.61 Å². The smallest absolute Gasteiger partial charge is 0.261 e. The molecule has 3 nitrogen and oxygen atoms in total. The summed E-state index contributed by atoms with van der Waals surface area (Å²) < 4.78 is 12.8. The minimum absolute atomic E-state index is 0.00575. The van der Waals surface area contributed by atoms with E-state index in [0.29, 0.717) is 6.61 Å². The summed E-state index contributed by atoms with van der Waals surface area (Å²) in [7, 11) is -2.47. The Morgan fingerprint density at radius 1 is 0.727 bits per heavy atom. The maximum atomic E-state index is 9.41. The summed E-state index contributed by atoms with van der Waals surface area (Å²) >= 11 is 0. The fourth-order valence-electron chi connectivity index (χ4n) is 4.34. The lowest BCUT2D eigenvalue weighted by Crippen LogP contribution is -2.66. The third kappa shape index (κ3) is 6.14. The molecule has 0 atom stereocenters. The number of benzene rings is 3. The Morgan fingerprint density at radius 2 is 1.24 bits per heavy atom. The first-order valence-corrected chi connectivity index (χ1v) is 13.7. The maximum absolute atomic E-state index is 9.41. The molecule has 0 heterocycles. The SMILES string of the molecule is CC(C)(CO)Oc1ccc(CCCO[Si](c2ccccc2)(c2ccccc2)C(C)(C)C)cc1. The fraction of sp³-hybridized carbons (Fsp3) is 0.379. The standard InChI is InChI=1S/C29H38O3Si/c1-28(2,3)33(26-14-8-6-9-15-26,27-16-10-7-11-17-27)31-22-12-13-24-18-20-25(21-19-24)32-29(4,5)23-30/h6-11,14-21,30H,12-13,22-23H2,1-5H3. The van der Waals surface area contributed by atoms with Crippen LogP contribution in [0.3, 0.4) is 0 Å². The van der Waals surface area contributed by atoms with Crippen LogP contribution in [0.1, 0.15) is 46.6 Å². The molecule has 0 radical (unpaired) electrons. The Labute approximate surface area is 200 Å². The number of aliphatic hydroxyl groups is 1. The van der Waals surface area contributed by atoms with Crippen LogP contribution in [-0.2, 0) is 10.8 Å². The van der Waals surface area contributed by atoms with Crippen LogP contribution in [0, 0.1) is 0 Å². The first-order chi connectivity index (χ1) is 15.7. The van der Waals surface area contributed by atoms with Crippen molar-refractivity contribution in [3.8, 4) is 5.75 Å². The molecule has 176 valence electrons. The fourth-order valence-corrected chi connectivity index (χ4v) is 8.94. The van der Waals surface area contributed by atoms with Gasteiger partial charge in [0.15, 0.2) is 0 Å². The molecule has 0 aliphatic carbocycles. The lowest BCUT2D eigenvalue weighted by molar-refractivity contribution is 0.0412. The Morgan fingerprint density at radius 3 is 1.70 bits per heavy atom. The van der Waals surface area contributed by atoms with Crippen molar-refractivity contribution in [2.45, 2.75) is 58.1 Å². The van der Waals surface area contributed by atoms with Crippen LogP contribution in [0.5, 0.6) is 5.75 Å². The van der Waals surface area contributed by atoms with E-state index in [1.807, 2.05) is 26.0 Å². The molecule has 0 aliphatic heterocycles. The average Bonchev–Trinajstić information content (AvgIpc) is 2.80. The van der Waals surface area contributed by atoms with Crippen LogP contribution in [0.25, 0.3) is 0 Å². The van der Waals surface area contributed by atoms with Gasteiger partial charge in [0.25, 0.3) is 8.32 Å². The normalized spacial score (nSPS) is 12.5. The van der Waals surface area contributed by atoms with Crippen LogP contribution in [0.4, 0.5) is 0 Å². The van der Waals surface area contributed by atoms with E-state index in [-0.39, 0.29) is 11.6 Å². The molecule has 0 unspecified atom stereocenters. The zero-order valence-electron chi connectivity index (χ0n) is 20.7. The van der Waals surface area contributed by atoms with Crippen molar-refractivity contribution in [1.82, 2.24) is 0 Å². The van der Waals surface area contributed by atoms with Gasteiger partial charge >= 0.3 is 0 Å². The highest BCUT2D eigenvalue weighted by Crippen LogP contribution is 2.36. The molecular formula is C29H38O3Si. The lowest BCUT2D eigenvalue weighted by atomic mass is 10.1. The van der Waals surface area contributed by atoms with Gasteiger partial charge in [0.2, 0.25) is 0 Å². The molecular weight excluding hydrogens is 424 g/mol. The van der Waals surface area contributed by atoms with Gasteiger partial charge in [-0.25, -0.2) is 0 Å². The number of hydrogen-bond acceptors (Lipinski definition) is 3. The highest BCUT2D eigenvalue weighted by atomic mass is 28.4. The van der Waals surface area contributed by atoms with E-state index in [9.17, 15) is 5.11 Å². The van der Waals surface area contributed by atoms with Gasteiger partial charge in [0.1, 0.15) is 11.4 Å². The van der Waals surface area contributed by atoms with Gasteiger partial charge in [-0.15, -0.1) is 0 Å². The molecule has 3 aromatic rings. The van der Waals surface area contributed by atoms with E-state index in [1.165, 1.54) is 15.9 Å². The van der Waals surface area contributed by atoms with E-state index in [1.54, 1.807) is 0 Å². The molecule has 0 aromatic heterocycles. The monoisotopic (exact) mass is 462 g/mol. The largest absolute Gasteiger partial charge is 0.485 e. The number of rotatable bonds is 10. The molecule has 0 saturated heterocycles. The van der Waals surface area contributed by atoms with Crippen molar-refractivity contribution in [3.63, 3.8) is 0 Å². The van der Waals surface area contributed by atoms with Crippen molar-refractivity contribution in [3.05, 3.63) is 90.5 Å². The molecule has 0 aliphatic rings. The van der Waals surface area contributed by atoms with Crippen molar-refractivity contribution in [2.24, 2.45) is 0 Å². The number of aryl methyl sites for hydroxylation is 1. The second kappa shape index (κ2) is 10.7. The molecule has 0 amide bonds. The summed E-state index contributed by atoms with van der Waals surface area (Å²) in [4.78, 5) is 0. The second-order valence-corrected chi connectivity index (χ2v) is 14.6. The van der Waals surface area contributed by atoms with Crippen LogP contribution in [0.15, 0.2) is 84.9 Å². The van der Waals surface area contributed by atoms with Crippen molar-refractivity contribution in [1.29, 1.82) is 0 Å². The molecule has 0 saturated carbocycles. The maximum Gasteiger partial charge on any atom is 0.261 e. The van der Waals surface area contributed by atoms with Crippen LogP contribution >= 0.6 is 0 Å². The number of aliphatic hydroxyl groups excluding tert-OH is 1. The van der Waals surface area contributed by atoms with E-state index in [2.05, 4.69) is 93.6 Å².